The molecule has 1 aliphatic rings. The Bertz CT molecular complexity index is 864. The van der Waals surface area contributed by atoms with Crippen LogP contribution in [0.4, 0.5) is 18.9 Å². The van der Waals surface area contributed by atoms with Gasteiger partial charge in [0.25, 0.3) is 0 Å². The van der Waals surface area contributed by atoms with Crippen molar-refractivity contribution in [3.63, 3.8) is 0 Å². The van der Waals surface area contributed by atoms with Crippen LogP contribution in [0.5, 0.6) is 0 Å². The summed E-state index contributed by atoms with van der Waals surface area (Å²) < 4.78 is 38.3. The molecule has 2 aromatic rings. The number of para-hydroxylation sites is 1. The largest absolute Gasteiger partial charge is 0.416 e. The van der Waals surface area contributed by atoms with Crippen LogP contribution in [0.25, 0.3) is 0 Å². The molecule has 4 nitrogen and oxygen atoms in total. The van der Waals surface area contributed by atoms with Crippen molar-refractivity contribution in [1.82, 2.24) is 5.32 Å². The Morgan fingerprint density at radius 1 is 1.19 bits per heavy atom. The van der Waals surface area contributed by atoms with Crippen molar-refractivity contribution in [1.29, 1.82) is 0 Å². The van der Waals surface area contributed by atoms with E-state index < -0.39 is 23.6 Å². The lowest BCUT2D eigenvalue weighted by molar-refractivity contribution is -0.137. The van der Waals surface area contributed by atoms with Crippen molar-refractivity contribution in [2.45, 2.75) is 26.1 Å². The number of halogens is 3. The molecular weight excluding hydrogens is 357 g/mol. The van der Waals surface area contributed by atoms with E-state index in [0.29, 0.717) is 18.5 Å². The summed E-state index contributed by atoms with van der Waals surface area (Å²) in [5, 5.41) is 2.58. The molecule has 1 unspecified atom stereocenters. The lowest BCUT2D eigenvalue weighted by Gasteiger charge is -2.19. The second-order valence-corrected chi connectivity index (χ2v) is 6.53. The quantitative estimate of drug-likeness (QED) is 0.828. The number of carbonyl (C=O) groups is 2. The molecule has 1 atom stereocenters. The highest BCUT2D eigenvalue weighted by atomic mass is 19.4. The fourth-order valence-electron chi connectivity index (χ4n) is 3.20. The van der Waals surface area contributed by atoms with E-state index in [4.69, 9.17) is 0 Å². The smallest absolute Gasteiger partial charge is 0.351 e. The first-order valence-corrected chi connectivity index (χ1v) is 8.58. The summed E-state index contributed by atoms with van der Waals surface area (Å²) in [7, 11) is 0. The minimum absolute atomic E-state index is 0.0586. The molecule has 1 aliphatic heterocycles. The van der Waals surface area contributed by atoms with Crippen LogP contribution in [-0.2, 0) is 22.3 Å². The number of alkyl halides is 3. The Morgan fingerprint density at radius 2 is 1.93 bits per heavy atom. The van der Waals surface area contributed by atoms with Gasteiger partial charge in [0, 0.05) is 18.8 Å². The number of hydrogen-bond donors (Lipinski definition) is 1. The molecule has 1 N–H and O–H groups in total. The number of nitrogens with one attached hydrogen (secondary N) is 1. The summed E-state index contributed by atoms with van der Waals surface area (Å²) >= 11 is 0. The summed E-state index contributed by atoms with van der Waals surface area (Å²) in [4.78, 5) is 26.6. The number of carbonyl (C=O) groups excluding carboxylic acids is 2. The van der Waals surface area contributed by atoms with Gasteiger partial charge in [-0.2, -0.15) is 13.2 Å². The number of amides is 2. The van der Waals surface area contributed by atoms with Gasteiger partial charge in [-0.1, -0.05) is 30.3 Å². The molecule has 1 heterocycles. The Balaban J connectivity index is 1.64. The SMILES string of the molecule is Cc1ccccc1N1CCC(C(=O)NCc2cccc(C(F)(F)F)c2)C1=O. The second-order valence-electron chi connectivity index (χ2n) is 6.53. The first kappa shape index (κ1) is 18.9. The van der Waals surface area contributed by atoms with Gasteiger partial charge in [0.15, 0.2) is 0 Å². The third kappa shape index (κ3) is 4.13. The lowest BCUT2D eigenvalue weighted by Crippen LogP contribution is -2.36. The van der Waals surface area contributed by atoms with Crippen LogP contribution in [0.15, 0.2) is 48.5 Å². The molecule has 0 radical (unpaired) electrons. The maximum absolute atomic E-state index is 12.8. The topological polar surface area (TPSA) is 49.4 Å². The third-order valence-corrected chi connectivity index (χ3v) is 4.65. The molecule has 1 fully saturated rings. The Hall–Kier alpha value is -2.83. The standard InChI is InChI=1S/C20H19F3N2O2/c1-13-5-2-3-8-17(13)25-10-9-16(19(25)27)18(26)24-12-14-6-4-7-15(11-14)20(21,22)23/h2-8,11,16H,9-10,12H2,1H3,(H,24,26). The molecule has 0 spiro atoms. The predicted octanol–water partition coefficient (Wildman–Crippen LogP) is 3.68. The van der Waals surface area contributed by atoms with E-state index >= 15 is 0 Å². The summed E-state index contributed by atoms with van der Waals surface area (Å²) in [5.74, 6) is -1.57. The number of nitrogens with zero attached hydrogens (tertiary/aromatic N) is 1. The monoisotopic (exact) mass is 376 g/mol. The van der Waals surface area contributed by atoms with E-state index in [1.807, 2.05) is 31.2 Å². The third-order valence-electron chi connectivity index (χ3n) is 4.65. The molecule has 0 saturated carbocycles. The molecule has 3 rings (SSSR count). The zero-order chi connectivity index (χ0) is 19.6. The highest BCUT2D eigenvalue weighted by molar-refractivity contribution is 6.09. The highest BCUT2D eigenvalue weighted by Gasteiger charge is 2.38. The van der Waals surface area contributed by atoms with Gasteiger partial charge in [0.2, 0.25) is 11.8 Å². The maximum Gasteiger partial charge on any atom is 0.416 e. The van der Waals surface area contributed by atoms with Gasteiger partial charge in [-0.3, -0.25) is 9.59 Å². The number of aryl methyl sites for hydroxylation is 1. The Kier molecular flexibility index (Phi) is 5.21. The fourth-order valence-corrected chi connectivity index (χ4v) is 3.20. The summed E-state index contributed by atoms with van der Waals surface area (Å²) in [5.41, 5.74) is 1.28. The van der Waals surface area contributed by atoms with Crippen LogP contribution in [0.1, 0.15) is 23.1 Å². The molecule has 27 heavy (non-hydrogen) atoms. The molecule has 1 saturated heterocycles. The zero-order valence-electron chi connectivity index (χ0n) is 14.7. The molecule has 0 aliphatic carbocycles. The zero-order valence-corrected chi connectivity index (χ0v) is 14.7. The van der Waals surface area contributed by atoms with Gasteiger partial charge in [-0.25, -0.2) is 0 Å². The first-order valence-electron chi connectivity index (χ1n) is 8.58. The maximum atomic E-state index is 12.8. The molecule has 142 valence electrons. The van der Waals surface area contributed by atoms with E-state index in [1.165, 1.54) is 12.1 Å². The minimum Gasteiger partial charge on any atom is -0.351 e. The number of anilines is 1. The second kappa shape index (κ2) is 7.42. The van der Waals surface area contributed by atoms with Crippen LogP contribution in [0, 0.1) is 12.8 Å². The van der Waals surface area contributed by atoms with E-state index in [1.54, 1.807) is 4.90 Å². The van der Waals surface area contributed by atoms with E-state index in [-0.39, 0.29) is 12.5 Å². The van der Waals surface area contributed by atoms with Crippen molar-refractivity contribution < 1.29 is 22.8 Å². The molecule has 2 amide bonds. The van der Waals surface area contributed by atoms with E-state index in [9.17, 15) is 22.8 Å². The van der Waals surface area contributed by atoms with E-state index in [2.05, 4.69) is 5.32 Å². The van der Waals surface area contributed by atoms with Gasteiger partial charge in [0.1, 0.15) is 5.92 Å². The van der Waals surface area contributed by atoms with Crippen LogP contribution < -0.4 is 10.2 Å². The van der Waals surface area contributed by atoms with Crippen molar-refractivity contribution >= 4 is 17.5 Å². The van der Waals surface area contributed by atoms with Gasteiger partial charge in [-0.05, 0) is 42.7 Å². The average Bonchev–Trinajstić information content (AvgIpc) is 3.01. The first-order chi connectivity index (χ1) is 12.8. The van der Waals surface area contributed by atoms with Gasteiger partial charge in [-0.15, -0.1) is 0 Å². The van der Waals surface area contributed by atoms with Crippen molar-refractivity contribution in [2.75, 3.05) is 11.4 Å². The Morgan fingerprint density at radius 3 is 2.63 bits per heavy atom. The molecular formula is C20H19F3N2O2. The average molecular weight is 376 g/mol. The van der Waals surface area contributed by atoms with Crippen molar-refractivity contribution in [3.8, 4) is 0 Å². The van der Waals surface area contributed by atoms with Crippen LogP contribution in [0.2, 0.25) is 0 Å². The molecule has 2 aromatic carbocycles. The normalized spacial score (nSPS) is 17.3. The minimum atomic E-state index is -4.44. The van der Waals surface area contributed by atoms with Crippen LogP contribution >= 0.6 is 0 Å². The summed E-state index contributed by atoms with van der Waals surface area (Å²) in [6.07, 6.45) is -4.06. The summed E-state index contributed by atoms with van der Waals surface area (Å²) in [6, 6.07) is 12.2. The van der Waals surface area contributed by atoms with Gasteiger partial charge in [0.05, 0.1) is 5.56 Å². The predicted molar refractivity (Wildman–Crippen MR) is 94.9 cm³/mol. The molecule has 0 aromatic heterocycles. The van der Waals surface area contributed by atoms with Gasteiger partial charge >= 0.3 is 6.18 Å². The molecule has 0 bridgehead atoms. The number of hydrogen-bond acceptors (Lipinski definition) is 2. The number of rotatable bonds is 4. The van der Waals surface area contributed by atoms with E-state index in [0.717, 1.165) is 23.4 Å². The van der Waals surface area contributed by atoms with Crippen molar-refractivity contribution in [2.24, 2.45) is 5.92 Å². The fraction of sp³-hybridized carbons (Fsp3) is 0.300. The van der Waals surface area contributed by atoms with Crippen LogP contribution in [-0.4, -0.2) is 18.4 Å². The van der Waals surface area contributed by atoms with Crippen LogP contribution in [0.3, 0.4) is 0 Å². The lowest BCUT2D eigenvalue weighted by atomic mass is 10.1. The highest BCUT2D eigenvalue weighted by Crippen LogP contribution is 2.30. The summed E-state index contributed by atoms with van der Waals surface area (Å²) in [6.45, 7) is 2.27. The van der Waals surface area contributed by atoms with Gasteiger partial charge < -0.3 is 10.2 Å². The van der Waals surface area contributed by atoms with Crippen molar-refractivity contribution in [3.05, 3.63) is 65.2 Å². The molecule has 7 heteroatoms. The Labute approximate surface area is 155 Å². The number of benzene rings is 2.